The van der Waals surface area contributed by atoms with Crippen LogP contribution in [0.3, 0.4) is 0 Å². The van der Waals surface area contributed by atoms with Crippen LogP contribution >= 0.6 is 0 Å². The summed E-state index contributed by atoms with van der Waals surface area (Å²) in [4.78, 5) is -1.12. The summed E-state index contributed by atoms with van der Waals surface area (Å²) in [5.74, 6) is 0. The maximum atomic E-state index is 11.2. The fourth-order valence-corrected chi connectivity index (χ4v) is 3.24. The third-order valence-corrected chi connectivity index (χ3v) is 4.18. The molecule has 0 amide bonds. The smallest absolute Gasteiger partial charge is 0.282 e. The first-order valence-corrected chi connectivity index (χ1v) is 7.56. The van der Waals surface area contributed by atoms with Crippen LogP contribution in [0.1, 0.15) is 0 Å². The van der Waals surface area contributed by atoms with Gasteiger partial charge in [0, 0.05) is 5.39 Å². The molecule has 0 heterocycles. The van der Waals surface area contributed by atoms with E-state index >= 15 is 0 Å². The molecule has 2 aromatic carbocycles. The lowest BCUT2D eigenvalue weighted by molar-refractivity contribution is 0.483. The molecule has 2 aromatic rings. The van der Waals surface area contributed by atoms with Crippen molar-refractivity contribution in [1.29, 1.82) is 0 Å². The second kappa shape index (κ2) is 4.02. The SMILES string of the molecule is O=S(=O)(O)c1cccc2cccc(S(=O)(=O)O)c12. The molecule has 0 fully saturated rings. The van der Waals surface area contributed by atoms with Gasteiger partial charge in [0.15, 0.2) is 0 Å². The maximum absolute atomic E-state index is 11.2. The third-order valence-electron chi connectivity index (χ3n) is 2.38. The molecule has 0 spiro atoms. The average Bonchev–Trinajstić information content (AvgIpc) is 2.24. The Morgan fingerprint density at radius 2 is 1.11 bits per heavy atom. The van der Waals surface area contributed by atoms with Crippen LogP contribution in [-0.4, -0.2) is 25.9 Å². The van der Waals surface area contributed by atoms with Crippen LogP contribution in [0.5, 0.6) is 0 Å². The molecule has 0 aliphatic rings. The Balaban J connectivity index is 3.09. The van der Waals surface area contributed by atoms with E-state index in [0.29, 0.717) is 0 Å². The van der Waals surface area contributed by atoms with E-state index in [4.69, 9.17) is 9.11 Å². The van der Waals surface area contributed by atoms with Crippen LogP contribution in [0.25, 0.3) is 10.8 Å². The van der Waals surface area contributed by atoms with Crippen LogP contribution in [0.4, 0.5) is 0 Å². The molecule has 0 aliphatic heterocycles. The van der Waals surface area contributed by atoms with E-state index in [1.54, 1.807) is 0 Å². The molecule has 0 bridgehead atoms. The van der Waals surface area contributed by atoms with E-state index in [1.807, 2.05) is 0 Å². The largest absolute Gasteiger partial charge is 0.295 e. The van der Waals surface area contributed by atoms with Crippen molar-refractivity contribution < 1.29 is 25.9 Å². The molecule has 0 saturated carbocycles. The van der Waals surface area contributed by atoms with Gasteiger partial charge in [-0.15, -0.1) is 0 Å². The van der Waals surface area contributed by atoms with Gasteiger partial charge in [-0.25, -0.2) is 0 Å². The number of hydrogen-bond donors (Lipinski definition) is 2. The zero-order chi connectivity index (χ0) is 13.6. The molecule has 0 atom stereocenters. The van der Waals surface area contributed by atoms with Gasteiger partial charge in [0.2, 0.25) is 0 Å². The molecule has 8 heteroatoms. The third kappa shape index (κ3) is 2.23. The molecular weight excluding hydrogens is 280 g/mol. The molecule has 0 aliphatic carbocycles. The Morgan fingerprint density at radius 1 is 0.722 bits per heavy atom. The van der Waals surface area contributed by atoms with Crippen LogP contribution < -0.4 is 0 Å². The van der Waals surface area contributed by atoms with E-state index in [-0.39, 0.29) is 10.8 Å². The van der Waals surface area contributed by atoms with Crippen molar-refractivity contribution in [2.24, 2.45) is 0 Å². The molecule has 0 saturated heterocycles. The Morgan fingerprint density at radius 3 is 1.44 bits per heavy atom. The van der Waals surface area contributed by atoms with Crippen molar-refractivity contribution in [3.05, 3.63) is 36.4 Å². The second-order valence-corrected chi connectivity index (χ2v) is 6.34. The topological polar surface area (TPSA) is 109 Å². The summed E-state index contributed by atoms with van der Waals surface area (Å²) in [6, 6.07) is 7.79. The highest BCUT2D eigenvalue weighted by Crippen LogP contribution is 2.29. The Hall–Kier alpha value is -1.48. The Labute approximate surface area is 103 Å². The summed E-state index contributed by atoms with van der Waals surface area (Å²) in [5, 5.41) is 0.0465. The molecular formula is C10H8O6S2. The summed E-state index contributed by atoms with van der Waals surface area (Å²) >= 11 is 0. The van der Waals surface area contributed by atoms with E-state index in [2.05, 4.69) is 0 Å². The minimum Gasteiger partial charge on any atom is -0.282 e. The highest BCUT2D eigenvalue weighted by molar-refractivity contribution is 7.87. The first-order chi connectivity index (χ1) is 8.21. The van der Waals surface area contributed by atoms with E-state index in [9.17, 15) is 16.8 Å². The zero-order valence-electron chi connectivity index (χ0n) is 8.81. The first-order valence-electron chi connectivity index (χ1n) is 4.68. The fourth-order valence-electron chi connectivity index (χ4n) is 1.70. The van der Waals surface area contributed by atoms with Crippen LogP contribution in [0.15, 0.2) is 46.2 Å². The van der Waals surface area contributed by atoms with Crippen LogP contribution in [-0.2, 0) is 20.2 Å². The van der Waals surface area contributed by atoms with Crippen molar-refractivity contribution in [1.82, 2.24) is 0 Å². The summed E-state index contributed by atoms with van der Waals surface area (Å²) in [6.07, 6.45) is 0. The molecule has 0 radical (unpaired) electrons. The summed E-state index contributed by atoms with van der Waals surface area (Å²) in [5.41, 5.74) is 0. The van der Waals surface area contributed by atoms with Crippen molar-refractivity contribution in [3.63, 3.8) is 0 Å². The fraction of sp³-hybridized carbons (Fsp3) is 0. The quantitative estimate of drug-likeness (QED) is 0.807. The van der Waals surface area contributed by atoms with E-state index < -0.39 is 30.0 Å². The number of fused-ring (bicyclic) bond motifs is 1. The lowest BCUT2D eigenvalue weighted by Crippen LogP contribution is -2.04. The predicted molar refractivity (Wildman–Crippen MR) is 63.6 cm³/mol. The molecule has 6 nitrogen and oxygen atoms in total. The lowest BCUT2D eigenvalue weighted by atomic mass is 10.1. The summed E-state index contributed by atoms with van der Waals surface area (Å²) < 4.78 is 63.0. The monoisotopic (exact) mass is 288 g/mol. The zero-order valence-corrected chi connectivity index (χ0v) is 10.4. The highest BCUT2D eigenvalue weighted by atomic mass is 32.2. The first kappa shape index (κ1) is 13.0. The van der Waals surface area contributed by atoms with Crippen molar-refractivity contribution in [2.45, 2.75) is 9.79 Å². The molecule has 96 valence electrons. The lowest BCUT2D eigenvalue weighted by Gasteiger charge is -2.07. The number of rotatable bonds is 2. The van der Waals surface area contributed by atoms with Gasteiger partial charge in [-0.3, -0.25) is 9.11 Å². The van der Waals surface area contributed by atoms with Gasteiger partial charge in [-0.05, 0) is 17.5 Å². The minimum atomic E-state index is -4.59. The van der Waals surface area contributed by atoms with Gasteiger partial charge < -0.3 is 0 Å². The van der Waals surface area contributed by atoms with Gasteiger partial charge >= 0.3 is 0 Å². The maximum Gasteiger partial charge on any atom is 0.295 e. The standard InChI is InChI=1S/C10H8O6S2/c11-17(12,13)8-5-1-3-7-4-2-6-9(10(7)8)18(14,15)16/h1-6H,(H,11,12,13)(H,14,15,16). The van der Waals surface area contributed by atoms with Crippen molar-refractivity contribution in [2.75, 3.05) is 0 Å². The van der Waals surface area contributed by atoms with Crippen LogP contribution in [0.2, 0.25) is 0 Å². The van der Waals surface area contributed by atoms with E-state index in [0.717, 1.165) is 12.1 Å². The highest BCUT2D eigenvalue weighted by Gasteiger charge is 2.21. The normalized spacial score (nSPS) is 12.8. The molecule has 18 heavy (non-hydrogen) atoms. The molecule has 0 aromatic heterocycles. The molecule has 2 rings (SSSR count). The second-order valence-electron chi connectivity index (χ2n) is 3.56. The van der Waals surface area contributed by atoms with Crippen LogP contribution in [0, 0.1) is 0 Å². The Bertz CT molecular complexity index is 754. The van der Waals surface area contributed by atoms with Crippen molar-refractivity contribution >= 4 is 31.0 Å². The number of benzene rings is 2. The van der Waals surface area contributed by atoms with Gasteiger partial charge in [-0.1, -0.05) is 24.3 Å². The molecule has 2 N–H and O–H groups in total. The van der Waals surface area contributed by atoms with Crippen molar-refractivity contribution in [3.8, 4) is 0 Å². The summed E-state index contributed by atoms with van der Waals surface area (Å²) in [6.45, 7) is 0. The molecule has 0 unspecified atom stereocenters. The van der Waals surface area contributed by atoms with Gasteiger partial charge in [0.1, 0.15) is 9.79 Å². The number of hydrogen-bond acceptors (Lipinski definition) is 4. The average molecular weight is 288 g/mol. The summed E-state index contributed by atoms with van der Waals surface area (Å²) in [7, 11) is -9.18. The van der Waals surface area contributed by atoms with Gasteiger partial charge in [0.25, 0.3) is 20.2 Å². The minimum absolute atomic E-state index is 0.231. The van der Waals surface area contributed by atoms with E-state index in [1.165, 1.54) is 24.3 Å². The van der Waals surface area contributed by atoms with Gasteiger partial charge in [0.05, 0.1) is 0 Å². The van der Waals surface area contributed by atoms with Gasteiger partial charge in [-0.2, -0.15) is 16.8 Å². The predicted octanol–water partition coefficient (Wildman–Crippen LogP) is 1.33. The Kier molecular flexibility index (Phi) is 2.90.